The van der Waals surface area contributed by atoms with Crippen molar-refractivity contribution in [2.45, 2.75) is 88.9 Å². The summed E-state index contributed by atoms with van der Waals surface area (Å²) in [6.45, 7) is 7.79. The molecule has 2 aliphatic heterocycles. The molecular formula is C16H30N2O4. The van der Waals surface area contributed by atoms with E-state index in [1.54, 1.807) is 7.11 Å². The number of methoxy groups -OCH3 is 1. The Labute approximate surface area is 132 Å². The number of ether oxygens (including phenoxy) is 1. The van der Waals surface area contributed by atoms with Gasteiger partial charge in [-0.15, -0.1) is 0 Å². The van der Waals surface area contributed by atoms with Crippen LogP contribution in [0.15, 0.2) is 0 Å². The van der Waals surface area contributed by atoms with Crippen LogP contribution in [0.4, 0.5) is 0 Å². The van der Waals surface area contributed by atoms with Gasteiger partial charge in [-0.05, 0) is 26.7 Å². The van der Waals surface area contributed by atoms with Gasteiger partial charge in [-0.1, -0.05) is 26.7 Å². The SMILES string of the molecule is COC(C)(C)[C@@]12CC(O)(C(C)C)ON1[C@H]1CCCCC1N2O. The van der Waals surface area contributed by atoms with Gasteiger partial charge in [0.1, 0.15) is 0 Å². The molecule has 2 N–H and O–H groups in total. The van der Waals surface area contributed by atoms with Gasteiger partial charge in [0.15, 0.2) is 11.4 Å². The Morgan fingerprint density at radius 2 is 1.82 bits per heavy atom. The van der Waals surface area contributed by atoms with Crippen LogP contribution < -0.4 is 0 Å². The fourth-order valence-electron chi connectivity index (χ4n) is 4.39. The summed E-state index contributed by atoms with van der Waals surface area (Å²) < 4.78 is 5.74. The van der Waals surface area contributed by atoms with Crippen molar-refractivity contribution in [3.63, 3.8) is 0 Å². The molecular weight excluding hydrogens is 284 g/mol. The van der Waals surface area contributed by atoms with E-state index in [-0.39, 0.29) is 18.0 Å². The lowest BCUT2D eigenvalue weighted by Crippen LogP contribution is -2.64. The van der Waals surface area contributed by atoms with E-state index in [1.807, 2.05) is 32.8 Å². The number of hydrogen-bond donors (Lipinski definition) is 2. The maximum Gasteiger partial charge on any atom is 0.191 e. The number of hydrogen-bond acceptors (Lipinski definition) is 6. The second-order valence-electron chi connectivity index (χ2n) is 7.89. The highest BCUT2D eigenvalue weighted by molar-refractivity contribution is 5.14. The molecule has 0 spiro atoms. The predicted molar refractivity (Wildman–Crippen MR) is 80.8 cm³/mol. The van der Waals surface area contributed by atoms with Crippen LogP contribution in [0, 0.1) is 5.92 Å². The van der Waals surface area contributed by atoms with Crippen molar-refractivity contribution in [3.8, 4) is 0 Å². The summed E-state index contributed by atoms with van der Waals surface area (Å²) in [5, 5.41) is 25.3. The van der Waals surface area contributed by atoms with Crippen molar-refractivity contribution in [1.29, 1.82) is 0 Å². The minimum atomic E-state index is -1.28. The molecule has 0 radical (unpaired) electrons. The first-order valence-electron chi connectivity index (χ1n) is 8.44. The van der Waals surface area contributed by atoms with Gasteiger partial charge in [-0.2, -0.15) is 10.1 Å². The summed E-state index contributed by atoms with van der Waals surface area (Å²) in [7, 11) is 1.65. The molecule has 1 aliphatic carbocycles. The fraction of sp³-hybridized carbons (Fsp3) is 1.00. The van der Waals surface area contributed by atoms with E-state index in [1.165, 1.54) is 5.06 Å². The van der Waals surface area contributed by atoms with E-state index in [0.717, 1.165) is 25.7 Å². The first-order valence-corrected chi connectivity index (χ1v) is 8.44. The number of nitrogens with zero attached hydrogens (tertiary/aromatic N) is 2. The van der Waals surface area contributed by atoms with Crippen LogP contribution >= 0.6 is 0 Å². The van der Waals surface area contributed by atoms with E-state index < -0.39 is 17.1 Å². The third kappa shape index (κ3) is 1.95. The molecule has 6 heteroatoms. The van der Waals surface area contributed by atoms with Crippen molar-refractivity contribution in [2.75, 3.05) is 7.11 Å². The standard InChI is InChI=1S/C16H30N2O4/c1-11(2)15(19)10-16(14(3,4)21-5)17(20)12-8-6-7-9-13(12)18(16)22-15/h11-13,19-20H,6-10H2,1-5H3/t12?,13-,15?,16+/m0/s1. The molecule has 0 bridgehead atoms. The molecule has 1 saturated carbocycles. The molecule has 0 aromatic carbocycles. The average molecular weight is 314 g/mol. The Morgan fingerprint density at radius 1 is 1.23 bits per heavy atom. The summed E-state index contributed by atoms with van der Waals surface area (Å²) in [6, 6.07) is 0.140. The van der Waals surface area contributed by atoms with Crippen LogP contribution in [0.1, 0.15) is 59.8 Å². The predicted octanol–water partition coefficient (Wildman–Crippen LogP) is 2.11. The van der Waals surface area contributed by atoms with Crippen molar-refractivity contribution in [2.24, 2.45) is 5.92 Å². The average Bonchev–Trinajstić information content (AvgIpc) is 2.93. The van der Waals surface area contributed by atoms with Crippen LogP contribution in [0.2, 0.25) is 0 Å². The molecule has 128 valence electrons. The second-order valence-corrected chi connectivity index (χ2v) is 7.89. The molecule has 3 fully saturated rings. The first-order chi connectivity index (χ1) is 10.2. The van der Waals surface area contributed by atoms with Gasteiger partial charge in [0.25, 0.3) is 0 Å². The third-order valence-corrected chi connectivity index (χ3v) is 6.19. The molecule has 3 aliphatic rings. The lowest BCUT2D eigenvalue weighted by Gasteiger charge is -2.46. The first kappa shape index (κ1) is 16.6. The van der Waals surface area contributed by atoms with Gasteiger partial charge in [0.05, 0.1) is 17.7 Å². The highest BCUT2D eigenvalue weighted by Crippen LogP contribution is 2.56. The zero-order chi connectivity index (χ0) is 16.3. The highest BCUT2D eigenvalue weighted by atomic mass is 16.8. The van der Waals surface area contributed by atoms with Gasteiger partial charge < -0.3 is 15.1 Å². The summed E-state index contributed by atoms with van der Waals surface area (Å²) in [4.78, 5) is 6.07. The maximum absolute atomic E-state index is 11.0. The van der Waals surface area contributed by atoms with E-state index in [0.29, 0.717) is 6.42 Å². The summed E-state index contributed by atoms with van der Waals surface area (Å²) in [6.07, 6.45) is 4.46. The summed E-state index contributed by atoms with van der Waals surface area (Å²) in [5.74, 6) is -1.35. The molecule has 2 saturated heterocycles. The normalized spacial score (nSPS) is 43.6. The Balaban J connectivity index is 2.07. The largest absolute Gasteiger partial charge is 0.375 e. The topological polar surface area (TPSA) is 65.4 Å². The van der Waals surface area contributed by atoms with E-state index in [4.69, 9.17) is 9.57 Å². The Morgan fingerprint density at radius 3 is 2.36 bits per heavy atom. The van der Waals surface area contributed by atoms with Crippen LogP contribution in [-0.4, -0.2) is 56.7 Å². The van der Waals surface area contributed by atoms with E-state index >= 15 is 0 Å². The number of hydroxylamine groups is 4. The monoisotopic (exact) mass is 314 g/mol. The molecule has 6 nitrogen and oxygen atoms in total. The number of rotatable bonds is 3. The van der Waals surface area contributed by atoms with Crippen molar-refractivity contribution in [3.05, 3.63) is 0 Å². The van der Waals surface area contributed by atoms with Crippen molar-refractivity contribution >= 4 is 0 Å². The molecule has 0 amide bonds. The molecule has 3 rings (SSSR count). The fourth-order valence-corrected chi connectivity index (χ4v) is 4.39. The van der Waals surface area contributed by atoms with Crippen LogP contribution in [0.3, 0.4) is 0 Å². The second kappa shape index (κ2) is 5.13. The zero-order valence-electron chi connectivity index (χ0n) is 14.4. The maximum atomic E-state index is 11.0. The Bertz CT molecular complexity index is 444. The van der Waals surface area contributed by atoms with E-state index in [9.17, 15) is 10.3 Å². The van der Waals surface area contributed by atoms with Crippen molar-refractivity contribution in [1.82, 2.24) is 10.1 Å². The third-order valence-electron chi connectivity index (χ3n) is 6.19. The van der Waals surface area contributed by atoms with Gasteiger partial charge in [-0.3, -0.25) is 4.84 Å². The Kier molecular flexibility index (Phi) is 3.87. The smallest absolute Gasteiger partial charge is 0.191 e. The lowest BCUT2D eigenvalue weighted by atomic mass is 9.82. The molecule has 4 atom stereocenters. The van der Waals surface area contributed by atoms with Gasteiger partial charge >= 0.3 is 0 Å². The highest BCUT2D eigenvalue weighted by Gasteiger charge is 2.73. The van der Waals surface area contributed by atoms with Crippen LogP contribution in [-0.2, 0) is 9.57 Å². The number of fused-ring (bicyclic) bond motifs is 3. The van der Waals surface area contributed by atoms with Crippen molar-refractivity contribution < 1.29 is 19.9 Å². The lowest BCUT2D eigenvalue weighted by molar-refractivity contribution is -0.338. The summed E-state index contributed by atoms with van der Waals surface area (Å²) in [5.41, 5.74) is -1.54. The van der Waals surface area contributed by atoms with Gasteiger partial charge in [0, 0.05) is 19.4 Å². The number of aliphatic hydroxyl groups is 1. The summed E-state index contributed by atoms with van der Waals surface area (Å²) >= 11 is 0. The molecule has 2 heterocycles. The quantitative estimate of drug-likeness (QED) is 0.832. The van der Waals surface area contributed by atoms with Crippen LogP contribution in [0.25, 0.3) is 0 Å². The molecule has 22 heavy (non-hydrogen) atoms. The zero-order valence-corrected chi connectivity index (χ0v) is 14.4. The molecule has 0 aromatic heterocycles. The van der Waals surface area contributed by atoms with E-state index in [2.05, 4.69) is 0 Å². The Hall–Kier alpha value is -0.240. The van der Waals surface area contributed by atoms with Gasteiger partial charge in [0.2, 0.25) is 0 Å². The molecule has 2 unspecified atom stereocenters. The minimum absolute atomic E-state index is 0.0416. The molecule has 0 aromatic rings. The van der Waals surface area contributed by atoms with Crippen LogP contribution in [0.5, 0.6) is 0 Å². The van der Waals surface area contributed by atoms with Gasteiger partial charge in [-0.25, -0.2) is 0 Å². The minimum Gasteiger partial charge on any atom is -0.375 e.